The number of morpholine rings is 1. The molecule has 0 spiro atoms. The molecule has 2 aliphatic rings. The van der Waals surface area contributed by atoms with Gasteiger partial charge in [0.15, 0.2) is 0 Å². The third-order valence-electron chi connectivity index (χ3n) is 3.41. The van der Waals surface area contributed by atoms with Gasteiger partial charge in [-0.15, -0.1) is 0 Å². The Morgan fingerprint density at radius 3 is 2.69 bits per heavy atom. The predicted octanol–water partition coefficient (Wildman–Crippen LogP) is 1.19. The second-order valence-electron chi connectivity index (χ2n) is 4.65. The van der Waals surface area contributed by atoms with Crippen LogP contribution in [0.15, 0.2) is 0 Å². The monoisotopic (exact) mass is 244 g/mol. The standard InChI is InChI=1S/C12H24N2OS/c1(5-14-6-8-15-9-7-14)4-13-12-2-10-16-11-3-12/h12-13H,1-11H2. The van der Waals surface area contributed by atoms with Gasteiger partial charge in [-0.05, 0) is 43.9 Å². The molecular formula is C12H24N2OS. The van der Waals surface area contributed by atoms with Gasteiger partial charge in [-0.2, -0.15) is 11.8 Å². The van der Waals surface area contributed by atoms with E-state index in [1.54, 1.807) is 0 Å². The molecule has 2 aliphatic heterocycles. The van der Waals surface area contributed by atoms with Crippen molar-refractivity contribution in [1.29, 1.82) is 0 Å². The van der Waals surface area contributed by atoms with Gasteiger partial charge in [0, 0.05) is 19.1 Å². The highest BCUT2D eigenvalue weighted by Crippen LogP contribution is 2.16. The number of rotatable bonds is 5. The number of ether oxygens (including phenoxy) is 1. The Morgan fingerprint density at radius 2 is 1.94 bits per heavy atom. The number of thioether (sulfide) groups is 1. The van der Waals surface area contributed by atoms with E-state index >= 15 is 0 Å². The van der Waals surface area contributed by atoms with Gasteiger partial charge < -0.3 is 10.1 Å². The average molecular weight is 244 g/mol. The average Bonchev–Trinajstić information content (AvgIpc) is 2.37. The fourth-order valence-electron chi connectivity index (χ4n) is 2.34. The van der Waals surface area contributed by atoms with Crippen LogP contribution in [0.5, 0.6) is 0 Å². The summed E-state index contributed by atoms with van der Waals surface area (Å²) < 4.78 is 5.34. The first kappa shape index (κ1) is 12.7. The Labute approximate surface area is 103 Å². The summed E-state index contributed by atoms with van der Waals surface area (Å²) in [6, 6.07) is 0.797. The predicted molar refractivity (Wildman–Crippen MR) is 70.2 cm³/mol. The number of hydrogen-bond donors (Lipinski definition) is 1. The van der Waals surface area contributed by atoms with E-state index in [4.69, 9.17) is 4.74 Å². The molecule has 0 atom stereocenters. The van der Waals surface area contributed by atoms with Crippen LogP contribution in [0.3, 0.4) is 0 Å². The summed E-state index contributed by atoms with van der Waals surface area (Å²) in [6.45, 7) is 6.52. The Hall–Kier alpha value is 0.230. The van der Waals surface area contributed by atoms with Crippen molar-refractivity contribution in [2.45, 2.75) is 25.3 Å². The minimum Gasteiger partial charge on any atom is -0.379 e. The Kier molecular flexibility index (Phi) is 5.97. The quantitative estimate of drug-likeness (QED) is 0.734. The lowest BCUT2D eigenvalue weighted by atomic mass is 10.1. The molecule has 94 valence electrons. The van der Waals surface area contributed by atoms with Gasteiger partial charge in [-0.1, -0.05) is 0 Å². The molecule has 2 fully saturated rings. The van der Waals surface area contributed by atoms with Crippen LogP contribution in [0.2, 0.25) is 0 Å². The summed E-state index contributed by atoms with van der Waals surface area (Å²) in [7, 11) is 0. The van der Waals surface area contributed by atoms with Crippen LogP contribution in [0, 0.1) is 0 Å². The topological polar surface area (TPSA) is 24.5 Å². The fourth-order valence-corrected chi connectivity index (χ4v) is 3.44. The van der Waals surface area contributed by atoms with Crippen LogP contribution in [0.1, 0.15) is 19.3 Å². The second-order valence-corrected chi connectivity index (χ2v) is 5.87. The highest BCUT2D eigenvalue weighted by atomic mass is 32.2. The van der Waals surface area contributed by atoms with Crippen molar-refractivity contribution < 1.29 is 4.74 Å². The van der Waals surface area contributed by atoms with Gasteiger partial charge in [0.1, 0.15) is 0 Å². The molecule has 0 unspecified atom stereocenters. The summed E-state index contributed by atoms with van der Waals surface area (Å²) in [5, 5.41) is 3.69. The van der Waals surface area contributed by atoms with Crippen LogP contribution in [-0.2, 0) is 4.74 Å². The van der Waals surface area contributed by atoms with Crippen molar-refractivity contribution in [1.82, 2.24) is 10.2 Å². The van der Waals surface area contributed by atoms with E-state index in [-0.39, 0.29) is 0 Å². The van der Waals surface area contributed by atoms with Gasteiger partial charge >= 0.3 is 0 Å². The van der Waals surface area contributed by atoms with Crippen molar-refractivity contribution in [2.24, 2.45) is 0 Å². The molecule has 3 nitrogen and oxygen atoms in total. The van der Waals surface area contributed by atoms with Crippen LogP contribution in [0.25, 0.3) is 0 Å². The molecular weight excluding hydrogens is 220 g/mol. The van der Waals surface area contributed by atoms with Gasteiger partial charge in [0.25, 0.3) is 0 Å². The molecule has 0 aromatic carbocycles. The number of hydrogen-bond acceptors (Lipinski definition) is 4. The summed E-state index contributed by atoms with van der Waals surface area (Å²) in [5.74, 6) is 2.70. The molecule has 0 aromatic rings. The van der Waals surface area contributed by atoms with Crippen LogP contribution in [-0.4, -0.2) is 61.8 Å². The smallest absolute Gasteiger partial charge is 0.0594 e. The van der Waals surface area contributed by atoms with Gasteiger partial charge in [0.05, 0.1) is 13.2 Å². The zero-order valence-electron chi connectivity index (χ0n) is 10.1. The third-order valence-corrected chi connectivity index (χ3v) is 4.46. The van der Waals surface area contributed by atoms with Gasteiger partial charge in [-0.25, -0.2) is 0 Å². The molecule has 0 bridgehead atoms. The Morgan fingerprint density at radius 1 is 1.19 bits per heavy atom. The molecule has 0 aromatic heterocycles. The first-order chi connectivity index (χ1) is 7.95. The molecule has 2 heterocycles. The number of nitrogens with one attached hydrogen (secondary N) is 1. The van der Waals surface area contributed by atoms with Crippen molar-refractivity contribution in [3.63, 3.8) is 0 Å². The summed E-state index contributed by atoms with van der Waals surface area (Å²) >= 11 is 2.10. The highest BCUT2D eigenvalue weighted by molar-refractivity contribution is 7.99. The second kappa shape index (κ2) is 7.54. The van der Waals surface area contributed by atoms with Crippen LogP contribution < -0.4 is 5.32 Å². The maximum atomic E-state index is 5.34. The van der Waals surface area contributed by atoms with E-state index in [2.05, 4.69) is 22.0 Å². The Balaban J connectivity index is 1.47. The molecule has 0 saturated carbocycles. The molecule has 2 rings (SSSR count). The molecule has 16 heavy (non-hydrogen) atoms. The molecule has 1 N–H and O–H groups in total. The Bertz CT molecular complexity index is 160. The SMILES string of the molecule is C(CNC1CCSCC1)CN1CCOCC1. The van der Waals surface area contributed by atoms with E-state index in [0.29, 0.717) is 0 Å². The van der Waals surface area contributed by atoms with Crippen molar-refractivity contribution >= 4 is 11.8 Å². The molecule has 0 aliphatic carbocycles. The van der Waals surface area contributed by atoms with E-state index in [9.17, 15) is 0 Å². The van der Waals surface area contributed by atoms with Crippen LogP contribution >= 0.6 is 11.8 Å². The zero-order chi connectivity index (χ0) is 11.1. The van der Waals surface area contributed by atoms with E-state index in [1.165, 1.54) is 43.9 Å². The minimum atomic E-state index is 0.797. The maximum absolute atomic E-state index is 5.34. The van der Waals surface area contributed by atoms with E-state index < -0.39 is 0 Å². The lowest BCUT2D eigenvalue weighted by Gasteiger charge is -2.27. The normalized spacial score (nSPS) is 24.8. The highest BCUT2D eigenvalue weighted by Gasteiger charge is 2.13. The van der Waals surface area contributed by atoms with E-state index in [1.807, 2.05) is 0 Å². The van der Waals surface area contributed by atoms with Crippen LogP contribution in [0.4, 0.5) is 0 Å². The van der Waals surface area contributed by atoms with Crippen molar-refractivity contribution in [3.8, 4) is 0 Å². The van der Waals surface area contributed by atoms with Gasteiger partial charge in [-0.3, -0.25) is 4.90 Å². The van der Waals surface area contributed by atoms with Crippen molar-refractivity contribution in [3.05, 3.63) is 0 Å². The summed E-state index contributed by atoms with van der Waals surface area (Å²) in [5.41, 5.74) is 0. The molecule has 0 amide bonds. The minimum absolute atomic E-state index is 0.797. The largest absolute Gasteiger partial charge is 0.379 e. The molecule has 2 saturated heterocycles. The lowest BCUT2D eigenvalue weighted by molar-refractivity contribution is 0.0374. The summed E-state index contributed by atoms with van der Waals surface area (Å²) in [6.07, 6.45) is 4.01. The lowest BCUT2D eigenvalue weighted by Crippen LogP contribution is -2.39. The molecule has 4 heteroatoms. The number of nitrogens with zero attached hydrogens (tertiary/aromatic N) is 1. The maximum Gasteiger partial charge on any atom is 0.0594 e. The fraction of sp³-hybridized carbons (Fsp3) is 1.00. The first-order valence-electron chi connectivity index (χ1n) is 6.56. The third kappa shape index (κ3) is 4.62. The van der Waals surface area contributed by atoms with Gasteiger partial charge in [0.2, 0.25) is 0 Å². The zero-order valence-corrected chi connectivity index (χ0v) is 10.9. The summed E-state index contributed by atoms with van der Waals surface area (Å²) in [4.78, 5) is 2.52. The van der Waals surface area contributed by atoms with E-state index in [0.717, 1.165) is 32.3 Å². The first-order valence-corrected chi connectivity index (χ1v) is 7.72. The van der Waals surface area contributed by atoms with Crippen molar-refractivity contribution in [2.75, 3.05) is 50.9 Å². The molecule has 0 radical (unpaired) electrons.